The van der Waals surface area contributed by atoms with Crippen molar-refractivity contribution in [1.29, 1.82) is 0 Å². The van der Waals surface area contributed by atoms with Gasteiger partial charge in [0.2, 0.25) is 5.95 Å². The molecule has 0 fully saturated rings. The first-order chi connectivity index (χ1) is 8.72. The van der Waals surface area contributed by atoms with Crippen molar-refractivity contribution in [2.24, 2.45) is 0 Å². The lowest BCUT2D eigenvalue weighted by Crippen LogP contribution is -2.05. The summed E-state index contributed by atoms with van der Waals surface area (Å²) in [5.41, 5.74) is 8.92. The van der Waals surface area contributed by atoms with E-state index >= 15 is 0 Å². The SMILES string of the molecule is Nc1nc2c(c(Nc3ccc(Cl)cc3)n1)CCC2. The van der Waals surface area contributed by atoms with Crippen molar-refractivity contribution in [1.82, 2.24) is 9.97 Å². The molecular formula is C13H13ClN4. The Hall–Kier alpha value is -1.81. The molecule has 1 heterocycles. The van der Waals surface area contributed by atoms with Crippen LogP contribution in [0.3, 0.4) is 0 Å². The number of nitrogen functional groups attached to an aromatic ring is 1. The fourth-order valence-corrected chi connectivity index (χ4v) is 2.35. The number of nitrogens with zero attached hydrogens (tertiary/aromatic N) is 2. The van der Waals surface area contributed by atoms with E-state index in [0.717, 1.165) is 36.5 Å². The highest BCUT2D eigenvalue weighted by Gasteiger charge is 2.18. The van der Waals surface area contributed by atoms with Gasteiger partial charge < -0.3 is 11.1 Å². The van der Waals surface area contributed by atoms with Gasteiger partial charge in [-0.15, -0.1) is 0 Å². The minimum atomic E-state index is 0.326. The van der Waals surface area contributed by atoms with Gasteiger partial charge in [0.15, 0.2) is 0 Å². The van der Waals surface area contributed by atoms with E-state index in [1.54, 1.807) is 0 Å². The molecule has 0 saturated heterocycles. The normalized spacial score (nSPS) is 13.4. The Bertz CT molecular complexity index is 580. The van der Waals surface area contributed by atoms with Crippen molar-refractivity contribution in [3.8, 4) is 0 Å². The molecule has 2 aromatic rings. The summed E-state index contributed by atoms with van der Waals surface area (Å²) in [5, 5.41) is 4.00. The number of aryl methyl sites for hydroxylation is 1. The smallest absolute Gasteiger partial charge is 0.222 e. The molecule has 0 aliphatic heterocycles. The zero-order chi connectivity index (χ0) is 12.5. The Labute approximate surface area is 110 Å². The molecule has 1 aliphatic rings. The lowest BCUT2D eigenvalue weighted by molar-refractivity contribution is 0.900. The molecule has 1 aromatic carbocycles. The topological polar surface area (TPSA) is 63.8 Å². The van der Waals surface area contributed by atoms with E-state index in [0.29, 0.717) is 11.0 Å². The molecule has 3 N–H and O–H groups in total. The van der Waals surface area contributed by atoms with E-state index in [-0.39, 0.29) is 0 Å². The molecule has 0 bridgehead atoms. The highest BCUT2D eigenvalue weighted by Crippen LogP contribution is 2.29. The van der Waals surface area contributed by atoms with Gasteiger partial charge in [-0.2, -0.15) is 4.98 Å². The van der Waals surface area contributed by atoms with Crippen LogP contribution in [0.1, 0.15) is 17.7 Å². The first-order valence-corrected chi connectivity index (χ1v) is 6.28. The lowest BCUT2D eigenvalue weighted by atomic mass is 10.2. The summed E-state index contributed by atoms with van der Waals surface area (Å²) >= 11 is 5.86. The zero-order valence-corrected chi connectivity index (χ0v) is 10.5. The van der Waals surface area contributed by atoms with Gasteiger partial charge in [0.05, 0.1) is 5.69 Å². The first-order valence-electron chi connectivity index (χ1n) is 5.90. The van der Waals surface area contributed by atoms with Crippen LogP contribution in [0.2, 0.25) is 5.02 Å². The Morgan fingerprint density at radius 3 is 2.67 bits per heavy atom. The first kappa shape index (κ1) is 11.3. The molecule has 0 atom stereocenters. The van der Waals surface area contributed by atoms with E-state index in [9.17, 15) is 0 Å². The summed E-state index contributed by atoms with van der Waals surface area (Å²) in [4.78, 5) is 8.56. The zero-order valence-electron chi connectivity index (χ0n) is 9.78. The van der Waals surface area contributed by atoms with Crippen molar-refractivity contribution in [2.45, 2.75) is 19.3 Å². The molecule has 18 heavy (non-hydrogen) atoms. The largest absolute Gasteiger partial charge is 0.368 e. The Morgan fingerprint density at radius 2 is 1.89 bits per heavy atom. The highest BCUT2D eigenvalue weighted by molar-refractivity contribution is 6.30. The predicted octanol–water partition coefficient (Wildman–Crippen LogP) is 2.94. The maximum atomic E-state index is 5.86. The summed E-state index contributed by atoms with van der Waals surface area (Å²) in [7, 11) is 0. The minimum Gasteiger partial charge on any atom is -0.368 e. The molecule has 0 saturated carbocycles. The molecule has 92 valence electrons. The Kier molecular flexibility index (Phi) is 2.80. The van der Waals surface area contributed by atoms with Crippen LogP contribution >= 0.6 is 11.6 Å². The van der Waals surface area contributed by atoms with E-state index in [1.807, 2.05) is 24.3 Å². The number of rotatable bonds is 2. The van der Waals surface area contributed by atoms with Gasteiger partial charge in [0.25, 0.3) is 0 Å². The van der Waals surface area contributed by atoms with Crippen molar-refractivity contribution in [3.05, 3.63) is 40.5 Å². The molecule has 0 spiro atoms. The van der Waals surface area contributed by atoms with Crippen LogP contribution in [0.25, 0.3) is 0 Å². The number of benzene rings is 1. The van der Waals surface area contributed by atoms with Gasteiger partial charge in [-0.05, 0) is 43.5 Å². The number of hydrogen-bond acceptors (Lipinski definition) is 4. The molecule has 5 heteroatoms. The van der Waals surface area contributed by atoms with Crippen molar-refractivity contribution in [3.63, 3.8) is 0 Å². The third-order valence-corrected chi connectivity index (χ3v) is 3.31. The summed E-state index contributed by atoms with van der Waals surface area (Å²) in [6.45, 7) is 0. The quantitative estimate of drug-likeness (QED) is 0.871. The average Bonchev–Trinajstić information content (AvgIpc) is 2.80. The minimum absolute atomic E-state index is 0.326. The molecular weight excluding hydrogens is 248 g/mol. The maximum Gasteiger partial charge on any atom is 0.222 e. The summed E-state index contributed by atoms with van der Waals surface area (Å²) in [6, 6.07) is 7.52. The number of nitrogens with two attached hydrogens (primary N) is 1. The Balaban J connectivity index is 1.95. The number of anilines is 3. The van der Waals surface area contributed by atoms with Crippen LogP contribution in [0.5, 0.6) is 0 Å². The van der Waals surface area contributed by atoms with Gasteiger partial charge >= 0.3 is 0 Å². The monoisotopic (exact) mass is 260 g/mol. The van der Waals surface area contributed by atoms with Crippen LogP contribution in [-0.4, -0.2) is 9.97 Å². The number of nitrogens with one attached hydrogen (secondary N) is 1. The van der Waals surface area contributed by atoms with Gasteiger partial charge in [-0.25, -0.2) is 4.98 Å². The maximum absolute atomic E-state index is 5.86. The molecule has 0 unspecified atom stereocenters. The molecule has 3 rings (SSSR count). The highest BCUT2D eigenvalue weighted by atomic mass is 35.5. The molecule has 0 radical (unpaired) electrons. The standard InChI is InChI=1S/C13H13ClN4/c14-8-4-6-9(7-5-8)16-12-10-2-1-3-11(10)17-13(15)18-12/h4-7H,1-3H2,(H3,15,16,17,18). The van der Waals surface area contributed by atoms with Crippen molar-refractivity contribution < 1.29 is 0 Å². The van der Waals surface area contributed by atoms with Gasteiger partial charge in [-0.1, -0.05) is 11.6 Å². The summed E-state index contributed by atoms with van der Waals surface area (Å²) in [6.07, 6.45) is 3.10. The second-order valence-corrected chi connectivity index (χ2v) is 4.78. The fraction of sp³-hybridized carbons (Fsp3) is 0.231. The number of aromatic nitrogens is 2. The van der Waals surface area contributed by atoms with E-state index in [4.69, 9.17) is 17.3 Å². The summed E-state index contributed by atoms with van der Waals surface area (Å²) in [5.74, 6) is 1.14. The molecule has 1 aromatic heterocycles. The predicted molar refractivity (Wildman–Crippen MR) is 73.2 cm³/mol. The molecule has 0 amide bonds. The third-order valence-electron chi connectivity index (χ3n) is 3.06. The molecule has 1 aliphatic carbocycles. The fourth-order valence-electron chi connectivity index (χ4n) is 2.22. The van der Waals surface area contributed by atoms with Crippen molar-refractivity contribution in [2.75, 3.05) is 11.1 Å². The number of fused-ring (bicyclic) bond motifs is 1. The van der Waals surface area contributed by atoms with Crippen molar-refractivity contribution >= 4 is 29.1 Å². The van der Waals surface area contributed by atoms with Crippen LogP contribution in [-0.2, 0) is 12.8 Å². The summed E-state index contributed by atoms with van der Waals surface area (Å²) < 4.78 is 0. The second kappa shape index (κ2) is 4.46. The van der Waals surface area contributed by atoms with Gasteiger partial charge in [0.1, 0.15) is 5.82 Å². The van der Waals surface area contributed by atoms with Crippen LogP contribution in [0.15, 0.2) is 24.3 Å². The van der Waals surface area contributed by atoms with Crippen LogP contribution in [0, 0.1) is 0 Å². The Morgan fingerprint density at radius 1 is 1.11 bits per heavy atom. The van der Waals surface area contributed by atoms with E-state index in [1.165, 1.54) is 5.56 Å². The second-order valence-electron chi connectivity index (χ2n) is 4.34. The van der Waals surface area contributed by atoms with Crippen LogP contribution < -0.4 is 11.1 Å². The van der Waals surface area contributed by atoms with Gasteiger partial charge in [-0.3, -0.25) is 0 Å². The third kappa shape index (κ3) is 2.11. The lowest BCUT2D eigenvalue weighted by Gasteiger charge is -2.10. The number of halogens is 1. The van der Waals surface area contributed by atoms with Gasteiger partial charge in [0, 0.05) is 16.3 Å². The van der Waals surface area contributed by atoms with Crippen LogP contribution in [0.4, 0.5) is 17.5 Å². The number of hydrogen-bond donors (Lipinski definition) is 2. The average molecular weight is 261 g/mol. The molecule has 4 nitrogen and oxygen atoms in total. The van der Waals surface area contributed by atoms with E-state index in [2.05, 4.69) is 15.3 Å². The van der Waals surface area contributed by atoms with E-state index < -0.39 is 0 Å².